The van der Waals surface area contributed by atoms with Crippen molar-refractivity contribution in [2.45, 2.75) is 51.3 Å². The molecule has 1 aliphatic heterocycles. The number of H-pyrrole nitrogens is 1. The highest BCUT2D eigenvalue weighted by Gasteiger charge is 2.53. The maximum absolute atomic E-state index is 12.3. The monoisotopic (exact) mass is 279 g/mol. The first kappa shape index (κ1) is 13.4. The van der Waals surface area contributed by atoms with Crippen molar-refractivity contribution in [3.8, 4) is 0 Å². The average molecular weight is 279 g/mol. The maximum atomic E-state index is 12.3. The summed E-state index contributed by atoms with van der Waals surface area (Å²) in [5.74, 6) is 1.57. The molecule has 20 heavy (non-hydrogen) atoms. The fourth-order valence-electron chi connectivity index (χ4n) is 3.28. The number of nitrogens with one attached hydrogen (secondary N) is 2. The number of urea groups is 1. The summed E-state index contributed by atoms with van der Waals surface area (Å²) in [5.41, 5.74) is 0.0519. The number of aromatic amines is 1. The highest BCUT2D eigenvalue weighted by Crippen LogP contribution is 2.49. The predicted molar refractivity (Wildman–Crippen MR) is 71.7 cm³/mol. The second kappa shape index (κ2) is 4.73. The van der Waals surface area contributed by atoms with Gasteiger partial charge in [0.25, 0.3) is 0 Å². The minimum Gasteiger partial charge on any atom is -0.385 e. The molecule has 0 radical (unpaired) electrons. The minimum atomic E-state index is -0.705. The molecule has 3 atom stereocenters. The van der Waals surface area contributed by atoms with E-state index in [-0.39, 0.29) is 11.6 Å². The lowest BCUT2D eigenvalue weighted by Gasteiger charge is -2.47. The van der Waals surface area contributed by atoms with Gasteiger partial charge in [-0.15, -0.1) is 0 Å². The van der Waals surface area contributed by atoms with Gasteiger partial charge in [0, 0.05) is 12.1 Å². The normalized spacial score (nSPS) is 29.8. The Balaban J connectivity index is 1.57. The molecule has 0 bridgehead atoms. The van der Waals surface area contributed by atoms with Crippen LogP contribution >= 0.6 is 0 Å². The van der Waals surface area contributed by atoms with Crippen LogP contribution in [0.3, 0.4) is 0 Å². The van der Waals surface area contributed by atoms with Crippen LogP contribution in [-0.2, 0) is 6.54 Å². The van der Waals surface area contributed by atoms with Gasteiger partial charge in [-0.2, -0.15) is 5.10 Å². The van der Waals surface area contributed by atoms with Crippen molar-refractivity contribution in [2.24, 2.45) is 5.92 Å². The van der Waals surface area contributed by atoms with Crippen LogP contribution < -0.4 is 5.32 Å². The molecule has 2 amide bonds. The Morgan fingerprint density at radius 1 is 1.65 bits per heavy atom. The van der Waals surface area contributed by atoms with E-state index in [1.54, 1.807) is 6.92 Å². The molecular formula is C13H21N5O2. The number of carbonyl (C=O) groups excluding carboxylic acids is 1. The highest BCUT2D eigenvalue weighted by atomic mass is 16.3. The average Bonchev–Trinajstić information content (AvgIpc) is 2.95. The molecule has 2 fully saturated rings. The Bertz CT molecular complexity index is 515. The van der Waals surface area contributed by atoms with Gasteiger partial charge in [0.05, 0.1) is 6.54 Å². The van der Waals surface area contributed by atoms with Gasteiger partial charge in [0.2, 0.25) is 0 Å². The van der Waals surface area contributed by atoms with E-state index in [0.717, 1.165) is 19.4 Å². The zero-order chi connectivity index (χ0) is 14.3. The summed E-state index contributed by atoms with van der Waals surface area (Å²) in [5, 5.41) is 18.8. The summed E-state index contributed by atoms with van der Waals surface area (Å²) in [7, 11) is 0. The van der Waals surface area contributed by atoms with E-state index >= 15 is 0 Å². The van der Waals surface area contributed by atoms with Gasteiger partial charge >= 0.3 is 6.03 Å². The number of fused-ring (bicyclic) bond motifs is 1. The minimum absolute atomic E-state index is 0.0373. The standard InChI is InChI=1S/C13H21N5O2/c1-8(19)11-15-10(16-17-11)7-14-12(20)18-6-4-9-3-5-13(9,18)2/h8-9,19H,3-7H2,1-2H3,(H,14,20)(H,15,16,17)/t8-,9-,13-/m0/s1. The lowest BCUT2D eigenvalue weighted by atomic mass is 9.69. The molecule has 0 aromatic carbocycles. The van der Waals surface area contributed by atoms with E-state index < -0.39 is 6.10 Å². The molecule has 110 valence electrons. The second-order valence-corrected chi connectivity index (χ2v) is 6.01. The fraction of sp³-hybridized carbons (Fsp3) is 0.769. The molecule has 7 nitrogen and oxygen atoms in total. The number of aliphatic hydroxyl groups excluding tert-OH is 1. The lowest BCUT2D eigenvalue weighted by molar-refractivity contribution is 0.0602. The first-order valence-electron chi connectivity index (χ1n) is 7.15. The molecule has 0 spiro atoms. The summed E-state index contributed by atoms with van der Waals surface area (Å²) >= 11 is 0. The van der Waals surface area contributed by atoms with E-state index in [1.165, 1.54) is 6.42 Å². The Kier molecular flexibility index (Phi) is 3.16. The molecule has 1 saturated carbocycles. The molecule has 1 aliphatic carbocycles. The molecule has 2 aliphatic rings. The quantitative estimate of drug-likeness (QED) is 0.767. The Morgan fingerprint density at radius 2 is 2.45 bits per heavy atom. The topological polar surface area (TPSA) is 94.1 Å². The molecule has 0 unspecified atom stereocenters. The summed E-state index contributed by atoms with van der Waals surface area (Å²) in [4.78, 5) is 18.3. The van der Waals surface area contributed by atoms with Crippen molar-refractivity contribution in [3.05, 3.63) is 11.6 Å². The summed E-state index contributed by atoms with van der Waals surface area (Å²) in [6.07, 6.45) is 2.74. The van der Waals surface area contributed by atoms with Crippen molar-refractivity contribution >= 4 is 6.03 Å². The van der Waals surface area contributed by atoms with Crippen LogP contribution in [0.4, 0.5) is 4.79 Å². The highest BCUT2D eigenvalue weighted by molar-refractivity contribution is 5.75. The third-order valence-corrected chi connectivity index (χ3v) is 4.77. The van der Waals surface area contributed by atoms with E-state index in [2.05, 4.69) is 27.4 Å². The van der Waals surface area contributed by atoms with Gasteiger partial charge < -0.3 is 15.3 Å². The molecule has 1 aromatic heterocycles. The van der Waals surface area contributed by atoms with Crippen LogP contribution in [-0.4, -0.2) is 43.3 Å². The molecule has 2 heterocycles. The second-order valence-electron chi connectivity index (χ2n) is 6.01. The Hall–Kier alpha value is -1.63. The van der Waals surface area contributed by atoms with Crippen LogP contribution in [0, 0.1) is 5.92 Å². The summed E-state index contributed by atoms with van der Waals surface area (Å²) < 4.78 is 0. The number of carbonyl (C=O) groups is 1. The Morgan fingerprint density at radius 3 is 3.00 bits per heavy atom. The first-order valence-corrected chi connectivity index (χ1v) is 7.15. The third-order valence-electron chi connectivity index (χ3n) is 4.77. The molecule has 3 N–H and O–H groups in total. The van der Waals surface area contributed by atoms with Gasteiger partial charge in [0.1, 0.15) is 11.9 Å². The molecule has 1 saturated heterocycles. The smallest absolute Gasteiger partial charge is 0.318 e. The SMILES string of the molecule is C[C@H](O)c1n[nH]c(CNC(=O)N2CC[C@@H]3CC[C@@]32C)n1. The molecule has 7 heteroatoms. The van der Waals surface area contributed by atoms with Crippen molar-refractivity contribution in [2.75, 3.05) is 6.54 Å². The van der Waals surface area contributed by atoms with E-state index in [4.69, 9.17) is 0 Å². The number of aliphatic hydroxyl groups is 1. The largest absolute Gasteiger partial charge is 0.385 e. The lowest BCUT2D eigenvalue weighted by Crippen LogP contribution is -2.56. The summed E-state index contributed by atoms with van der Waals surface area (Å²) in [6.45, 7) is 4.92. The number of aromatic nitrogens is 3. The van der Waals surface area contributed by atoms with Gasteiger partial charge in [-0.05, 0) is 39.0 Å². The molecular weight excluding hydrogens is 258 g/mol. The van der Waals surface area contributed by atoms with Crippen molar-refractivity contribution in [1.82, 2.24) is 25.4 Å². The number of rotatable bonds is 3. The van der Waals surface area contributed by atoms with E-state index in [9.17, 15) is 9.90 Å². The van der Waals surface area contributed by atoms with Crippen LogP contribution in [0.1, 0.15) is 50.9 Å². The number of hydrogen-bond acceptors (Lipinski definition) is 4. The number of amides is 2. The number of hydrogen-bond donors (Lipinski definition) is 3. The van der Waals surface area contributed by atoms with Gasteiger partial charge in [-0.3, -0.25) is 5.10 Å². The first-order chi connectivity index (χ1) is 9.50. The van der Waals surface area contributed by atoms with Crippen LogP contribution in [0.5, 0.6) is 0 Å². The summed E-state index contributed by atoms with van der Waals surface area (Å²) in [6, 6.07) is -0.0373. The van der Waals surface area contributed by atoms with Gasteiger partial charge in [-0.1, -0.05) is 0 Å². The number of likely N-dealkylation sites (tertiary alicyclic amines) is 1. The van der Waals surface area contributed by atoms with Crippen LogP contribution in [0.2, 0.25) is 0 Å². The van der Waals surface area contributed by atoms with Crippen LogP contribution in [0.25, 0.3) is 0 Å². The van der Waals surface area contributed by atoms with Crippen molar-refractivity contribution in [3.63, 3.8) is 0 Å². The number of nitrogens with zero attached hydrogens (tertiary/aromatic N) is 3. The zero-order valence-electron chi connectivity index (χ0n) is 11.9. The molecule has 1 aromatic rings. The molecule has 3 rings (SSSR count). The van der Waals surface area contributed by atoms with Gasteiger partial charge in [-0.25, -0.2) is 9.78 Å². The fourth-order valence-corrected chi connectivity index (χ4v) is 3.28. The maximum Gasteiger partial charge on any atom is 0.318 e. The van der Waals surface area contributed by atoms with Crippen molar-refractivity contribution in [1.29, 1.82) is 0 Å². The van der Waals surface area contributed by atoms with Gasteiger partial charge in [0.15, 0.2) is 5.82 Å². The van der Waals surface area contributed by atoms with E-state index in [0.29, 0.717) is 24.1 Å². The van der Waals surface area contributed by atoms with Crippen molar-refractivity contribution < 1.29 is 9.90 Å². The third kappa shape index (κ3) is 2.06. The Labute approximate surface area is 117 Å². The predicted octanol–water partition coefficient (Wildman–Crippen LogP) is 0.942. The van der Waals surface area contributed by atoms with Crippen LogP contribution in [0.15, 0.2) is 0 Å². The zero-order valence-corrected chi connectivity index (χ0v) is 11.9. The van der Waals surface area contributed by atoms with E-state index in [1.807, 2.05) is 4.90 Å².